The van der Waals surface area contributed by atoms with Crippen molar-refractivity contribution in [1.82, 2.24) is 4.98 Å². The van der Waals surface area contributed by atoms with E-state index in [-0.39, 0.29) is 12.7 Å². The summed E-state index contributed by atoms with van der Waals surface area (Å²) in [6, 6.07) is 14.3. The second-order valence-electron chi connectivity index (χ2n) is 6.44. The molecule has 0 aliphatic carbocycles. The Hall–Kier alpha value is -3.94. The predicted octanol–water partition coefficient (Wildman–Crippen LogP) is 3.58. The molecule has 3 aromatic rings. The number of pyridine rings is 1. The van der Waals surface area contributed by atoms with E-state index in [9.17, 15) is 4.79 Å². The maximum Gasteiger partial charge on any atom is 0.256 e. The molecule has 29 heavy (non-hydrogen) atoms. The largest absolute Gasteiger partial charge is 0.486 e. The molecule has 0 saturated heterocycles. The minimum atomic E-state index is -0.275. The smallest absolute Gasteiger partial charge is 0.256 e. The molecular formula is C21H17N3O5. The van der Waals surface area contributed by atoms with Crippen LogP contribution in [0.25, 0.3) is 0 Å². The second kappa shape index (κ2) is 7.23. The minimum Gasteiger partial charge on any atom is -0.486 e. The number of ether oxygens (including phenoxy) is 4. The fourth-order valence-corrected chi connectivity index (χ4v) is 3.06. The maximum absolute atomic E-state index is 12.4. The fraction of sp³-hybridized carbons (Fsp3) is 0.143. The molecule has 1 aromatic heterocycles. The average Bonchev–Trinajstić information content (AvgIpc) is 3.23. The minimum absolute atomic E-state index is 0.166. The fourth-order valence-electron chi connectivity index (χ4n) is 3.06. The molecule has 0 spiro atoms. The molecule has 0 bridgehead atoms. The van der Waals surface area contributed by atoms with Gasteiger partial charge in [0, 0.05) is 17.3 Å². The van der Waals surface area contributed by atoms with Gasteiger partial charge in [-0.05, 0) is 42.5 Å². The van der Waals surface area contributed by atoms with Gasteiger partial charge in [-0.25, -0.2) is 4.98 Å². The van der Waals surface area contributed by atoms with E-state index in [4.69, 9.17) is 18.9 Å². The lowest BCUT2D eigenvalue weighted by Gasteiger charge is -2.19. The highest BCUT2D eigenvalue weighted by atomic mass is 16.7. The van der Waals surface area contributed by atoms with Gasteiger partial charge >= 0.3 is 0 Å². The zero-order chi connectivity index (χ0) is 19.6. The molecule has 0 atom stereocenters. The molecule has 146 valence electrons. The van der Waals surface area contributed by atoms with Gasteiger partial charge in [0.05, 0.1) is 11.9 Å². The molecule has 2 aromatic carbocycles. The molecule has 2 N–H and O–H groups in total. The van der Waals surface area contributed by atoms with Gasteiger partial charge in [-0.1, -0.05) is 0 Å². The van der Waals surface area contributed by atoms with Gasteiger partial charge in [-0.15, -0.1) is 0 Å². The number of aromatic nitrogens is 1. The first-order valence-electron chi connectivity index (χ1n) is 9.08. The summed E-state index contributed by atoms with van der Waals surface area (Å²) in [4.78, 5) is 16.7. The van der Waals surface area contributed by atoms with E-state index in [0.29, 0.717) is 41.8 Å². The van der Waals surface area contributed by atoms with E-state index >= 15 is 0 Å². The number of nitrogens with one attached hydrogen (secondary N) is 2. The lowest BCUT2D eigenvalue weighted by atomic mass is 10.2. The Balaban J connectivity index is 1.25. The number of carbonyl (C=O) groups is 1. The van der Waals surface area contributed by atoms with Crippen LogP contribution in [0.5, 0.6) is 23.0 Å². The van der Waals surface area contributed by atoms with Gasteiger partial charge in [0.2, 0.25) is 6.79 Å². The number of fused-ring (bicyclic) bond motifs is 2. The topological polar surface area (TPSA) is 90.9 Å². The SMILES string of the molecule is O=C(Nc1ccc(Nc2ccc3c(c2)OCCO3)cn1)c1ccc2c(c1)OCO2. The summed E-state index contributed by atoms with van der Waals surface area (Å²) in [5.41, 5.74) is 2.10. The molecule has 3 heterocycles. The first-order chi connectivity index (χ1) is 14.2. The van der Waals surface area contributed by atoms with Crippen LogP contribution >= 0.6 is 0 Å². The van der Waals surface area contributed by atoms with Gasteiger partial charge in [-0.3, -0.25) is 4.79 Å². The van der Waals surface area contributed by atoms with Crippen molar-refractivity contribution < 1.29 is 23.7 Å². The maximum atomic E-state index is 12.4. The van der Waals surface area contributed by atoms with Gasteiger partial charge in [0.1, 0.15) is 19.0 Å². The highest BCUT2D eigenvalue weighted by Crippen LogP contribution is 2.34. The predicted molar refractivity (Wildman–Crippen MR) is 105 cm³/mol. The Kier molecular flexibility index (Phi) is 4.28. The zero-order valence-electron chi connectivity index (χ0n) is 15.3. The van der Waals surface area contributed by atoms with Crippen molar-refractivity contribution in [3.05, 3.63) is 60.3 Å². The Bertz CT molecular complexity index is 1070. The number of nitrogens with zero attached hydrogens (tertiary/aromatic N) is 1. The second-order valence-corrected chi connectivity index (χ2v) is 6.44. The molecule has 2 aliphatic rings. The molecule has 1 amide bonds. The molecule has 5 rings (SSSR count). The van der Waals surface area contributed by atoms with Crippen LogP contribution < -0.4 is 29.6 Å². The lowest BCUT2D eigenvalue weighted by molar-refractivity contribution is 0.102. The Morgan fingerprint density at radius 3 is 2.38 bits per heavy atom. The van der Waals surface area contributed by atoms with Crippen LogP contribution in [0.4, 0.5) is 17.2 Å². The van der Waals surface area contributed by atoms with Crippen LogP contribution in [-0.4, -0.2) is 30.9 Å². The van der Waals surface area contributed by atoms with E-state index in [0.717, 1.165) is 17.1 Å². The van der Waals surface area contributed by atoms with Crippen LogP contribution in [0.1, 0.15) is 10.4 Å². The van der Waals surface area contributed by atoms with E-state index in [1.165, 1.54) is 0 Å². The summed E-state index contributed by atoms with van der Waals surface area (Å²) >= 11 is 0. The van der Waals surface area contributed by atoms with Gasteiger partial charge in [0.25, 0.3) is 5.91 Å². The molecule has 0 unspecified atom stereocenters. The standard InChI is InChI=1S/C21H17N3O5/c25-21(13-1-4-17-18(9-13)29-12-28-17)24-20-6-3-15(11-22-20)23-14-2-5-16-19(10-14)27-8-7-26-16/h1-6,9-11,23H,7-8,12H2,(H,22,24,25). The number of hydrogen-bond acceptors (Lipinski definition) is 7. The van der Waals surface area contributed by atoms with E-state index in [1.54, 1.807) is 30.5 Å². The number of rotatable bonds is 4. The first kappa shape index (κ1) is 17.2. The van der Waals surface area contributed by atoms with Crippen molar-refractivity contribution in [2.75, 3.05) is 30.6 Å². The van der Waals surface area contributed by atoms with Crippen LogP contribution in [-0.2, 0) is 0 Å². The van der Waals surface area contributed by atoms with Crippen molar-refractivity contribution >= 4 is 23.1 Å². The van der Waals surface area contributed by atoms with Gasteiger partial charge in [-0.2, -0.15) is 0 Å². The Morgan fingerprint density at radius 1 is 0.793 bits per heavy atom. The van der Waals surface area contributed by atoms with Crippen LogP contribution in [0.2, 0.25) is 0 Å². The highest BCUT2D eigenvalue weighted by molar-refractivity contribution is 6.04. The number of carbonyl (C=O) groups excluding carboxylic acids is 1. The van der Waals surface area contributed by atoms with Crippen molar-refractivity contribution in [3.8, 4) is 23.0 Å². The third-order valence-corrected chi connectivity index (χ3v) is 4.47. The summed E-state index contributed by atoms with van der Waals surface area (Å²) in [5.74, 6) is 2.81. The van der Waals surface area contributed by atoms with E-state index < -0.39 is 0 Å². The molecule has 0 radical (unpaired) electrons. The molecular weight excluding hydrogens is 374 g/mol. The van der Waals surface area contributed by atoms with Crippen molar-refractivity contribution in [1.29, 1.82) is 0 Å². The molecule has 8 nitrogen and oxygen atoms in total. The number of anilines is 3. The first-order valence-corrected chi connectivity index (χ1v) is 9.08. The van der Waals surface area contributed by atoms with Crippen LogP contribution in [0.15, 0.2) is 54.7 Å². The van der Waals surface area contributed by atoms with E-state index in [1.807, 2.05) is 24.3 Å². The summed E-state index contributed by atoms with van der Waals surface area (Å²) in [7, 11) is 0. The summed E-state index contributed by atoms with van der Waals surface area (Å²) in [6.45, 7) is 1.26. The number of amides is 1. The van der Waals surface area contributed by atoms with Crippen LogP contribution in [0, 0.1) is 0 Å². The quantitative estimate of drug-likeness (QED) is 0.702. The molecule has 0 fully saturated rings. The Morgan fingerprint density at radius 2 is 1.52 bits per heavy atom. The summed E-state index contributed by atoms with van der Waals surface area (Å²) in [6.07, 6.45) is 1.64. The highest BCUT2D eigenvalue weighted by Gasteiger charge is 2.16. The third kappa shape index (κ3) is 3.60. The lowest BCUT2D eigenvalue weighted by Crippen LogP contribution is -2.15. The summed E-state index contributed by atoms with van der Waals surface area (Å²) in [5, 5.41) is 6.02. The van der Waals surface area contributed by atoms with Gasteiger partial charge in [0.15, 0.2) is 23.0 Å². The average molecular weight is 391 g/mol. The molecule has 0 saturated carbocycles. The van der Waals surface area contributed by atoms with Crippen LogP contribution in [0.3, 0.4) is 0 Å². The molecule has 2 aliphatic heterocycles. The normalized spacial score (nSPS) is 13.7. The molecule has 8 heteroatoms. The zero-order valence-corrected chi connectivity index (χ0v) is 15.3. The van der Waals surface area contributed by atoms with Crippen molar-refractivity contribution in [2.24, 2.45) is 0 Å². The summed E-state index contributed by atoms with van der Waals surface area (Å²) < 4.78 is 21.7. The third-order valence-electron chi connectivity index (χ3n) is 4.47. The van der Waals surface area contributed by atoms with Gasteiger partial charge < -0.3 is 29.6 Å². The van der Waals surface area contributed by atoms with E-state index in [2.05, 4.69) is 15.6 Å². The van der Waals surface area contributed by atoms with Crippen molar-refractivity contribution in [3.63, 3.8) is 0 Å². The van der Waals surface area contributed by atoms with Crippen molar-refractivity contribution in [2.45, 2.75) is 0 Å². The Labute approximate surface area is 166 Å². The number of benzene rings is 2. The monoisotopic (exact) mass is 391 g/mol. The number of hydrogen-bond donors (Lipinski definition) is 2.